The van der Waals surface area contributed by atoms with Gasteiger partial charge in [0.15, 0.2) is 5.16 Å². The topological polar surface area (TPSA) is 99.5 Å². The van der Waals surface area contributed by atoms with Gasteiger partial charge in [-0.2, -0.15) is 0 Å². The summed E-state index contributed by atoms with van der Waals surface area (Å²) in [6.07, 6.45) is -0.830. The van der Waals surface area contributed by atoms with Crippen LogP contribution in [0.15, 0.2) is 46.3 Å². The highest BCUT2D eigenvalue weighted by atomic mass is 35.5. The third kappa shape index (κ3) is 5.18. The lowest BCUT2D eigenvalue weighted by atomic mass is 10.2. The largest absolute Gasteiger partial charge is 0.495 e. The van der Waals surface area contributed by atoms with Crippen molar-refractivity contribution in [2.45, 2.75) is 19.0 Å². The van der Waals surface area contributed by atoms with Crippen LogP contribution in [0.1, 0.15) is 12.5 Å². The fraction of sp³-hybridized carbons (Fsp3) is 0.238. The van der Waals surface area contributed by atoms with Crippen LogP contribution in [0.4, 0.5) is 4.79 Å². The van der Waals surface area contributed by atoms with Crippen molar-refractivity contribution in [2.75, 3.05) is 19.5 Å². The second-order valence-corrected chi connectivity index (χ2v) is 7.81. The summed E-state index contributed by atoms with van der Waals surface area (Å²) >= 11 is 7.08. The number of hydrogen-bond donors (Lipinski definition) is 1. The lowest BCUT2D eigenvalue weighted by molar-refractivity contribution is -0.117. The number of hydrogen-bond acceptors (Lipinski definition) is 7. The number of halogens is 1. The van der Waals surface area contributed by atoms with Crippen molar-refractivity contribution in [3.63, 3.8) is 0 Å². The van der Waals surface area contributed by atoms with Gasteiger partial charge in [-0.3, -0.25) is 19.5 Å². The molecule has 0 aliphatic carbocycles. The molecule has 0 atom stereocenters. The van der Waals surface area contributed by atoms with Gasteiger partial charge < -0.3 is 9.47 Å². The summed E-state index contributed by atoms with van der Waals surface area (Å²) in [6.45, 7) is 3.67. The number of thioether (sulfide) groups is 1. The van der Waals surface area contributed by atoms with Crippen LogP contribution in [0.5, 0.6) is 5.75 Å². The van der Waals surface area contributed by atoms with E-state index in [0.29, 0.717) is 27.4 Å². The van der Waals surface area contributed by atoms with Crippen LogP contribution in [0.3, 0.4) is 0 Å². The number of carbonyl (C=O) groups is 2. The molecule has 3 rings (SSSR count). The fourth-order valence-corrected chi connectivity index (χ4v) is 3.84. The number of fused-ring (bicyclic) bond motifs is 1. The van der Waals surface area contributed by atoms with Crippen LogP contribution in [0, 0.1) is 6.92 Å². The van der Waals surface area contributed by atoms with Crippen LogP contribution in [0.25, 0.3) is 16.6 Å². The van der Waals surface area contributed by atoms with E-state index in [9.17, 15) is 14.4 Å². The van der Waals surface area contributed by atoms with Gasteiger partial charge in [0.25, 0.3) is 5.56 Å². The van der Waals surface area contributed by atoms with Gasteiger partial charge in [-0.25, -0.2) is 9.78 Å². The molecule has 1 aromatic heterocycles. The summed E-state index contributed by atoms with van der Waals surface area (Å²) in [6, 6.07) is 10.2. The maximum Gasteiger partial charge on any atom is 0.413 e. The van der Waals surface area contributed by atoms with Crippen molar-refractivity contribution in [3.8, 4) is 11.4 Å². The molecule has 0 radical (unpaired) electrons. The normalized spacial score (nSPS) is 10.7. The molecule has 0 saturated carbocycles. The van der Waals surface area contributed by atoms with Gasteiger partial charge in [-0.05, 0) is 49.7 Å². The van der Waals surface area contributed by atoms with E-state index in [1.807, 2.05) is 13.0 Å². The molecular formula is C21H20ClN3O5S. The van der Waals surface area contributed by atoms with Gasteiger partial charge in [0.2, 0.25) is 5.91 Å². The smallest absolute Gasteiger partial charge is 0.413 e. The van der Waals surface area contributed by atoms with E-state index < -0.39 is 12.0 Å². The standard InChI is InChI=1S/C21H20ClN3O5S/c1-4-30-21(28)24-18(26)11-31-20-23-15-10-13(22)6-7-14(15)19(27)25(20)16-9-12(2)5-8-17(16)29-3/h5-10H,4,11H2,1-3H3,(H,24,26,28). The molecular weight excluding hydrogens is 442 g/mol. The van der Waals surface area contributed by atoms with Crippen molar-refractivity contribution < 1.29 is 19.1 Å². The van der Waals surface area contributed by atoms with Crippen LogP contribution in [-0.4, -0.2) is 41.0 Å². The minimum Gasteiger partial charge on any atom is -0.495 e. The summed E-state index contributed by atoms with van der Waals surface area (Å²) in [5, 5.41) is 3.17. The second-order valence-electron chi connectivity index (χ2n) is 6.43. The molecule has 0 bridgehead atoms. The molecule has 1 N–H and O–H groups in total. The summed E-state index contributed by atoms with van der Waals surface area (Å²) in [7, 11) is 1.51. The lowest BCUT2D eigenvalue weighted by Crippen LogP contribution is -2.32. The number of methoxy groups -OCH3 is 1. The third-order valence-corrected chi connectivity index (χ3v) is 5.40. The highest BCUT2D eigenvalue weighted by molar-refractivity contribution is 7.99. The minimum atomic E-state index is -0.830. The number of alkyl carbamates (subject to hydrolysis) is 1. The molecule has 0 unspecified atom stereocenters. The monoisotopic (exact) mass is 461 g/mol. The van der Waals surface area contributed by atoms with Gasteiger partial charge in [0.05, 0.1) is 36.1 Å². The summed E-state index contributed by atoms with van der Waals surface area (Å²) in [4.78, 5) is 41.6. The number of nitrogens with one attached hydrogen (secondary N) is 1. The Kier molecular flexibility index (Phi) is 7.19. The zero-order chi connectivity index (χ0) is 22.5. The van der Waals surface area contributed by atoms with Crippen molar-refractivity contribution >= 4 is 46.3 Å². The molecule has 0 aliphatic rings. The molecule has 0 fully saturated rings. The first-order valence-electron chi connectivity index (χ1n) is 9.30. The SMILES string of the molecule is CCOC(=O)NC(=O)CSc1nc2cc(Cl)ccc2c(=O)n1-c1cc(C)ccc1OC. The number of amides is 2. The predicted molar refractivity (Wildman–Crippen MR) is 120 cm³/mol. The molecule has 10 heteroatoms. The highest BCUT2D eigenvalue weighted by Crippen LogP contribution is 2.28. The van der Waals surface area contributed by atoms with Crippen LogP contribution in [0.2, 0.25) is 5.02 Å². The van der Waals surface area contributed by atoms with Crippen molar-refractivity contribution in [1.29, 1.82) is 0 Å². The summed E-state index contributed by atoms with van der Waals surface area (Å²) in [5.74, 6) is -0.266. The molecule has 3 aromatic rings. The van der Waals surface area contributed by atoms with E-state index in [2.05, 4.69) is 10.3 Å². The Hall–Kier alpha value is -3.04. The van der Waals surface area contributed by atoms with Crippen LogP contribution in [-0.2, 0) is 9.53 Å². The van der Waals surface area contributed by atoms with E-state index in [1.54, 1.807) is 37.3 Å². The predicted octanol–water partition coefficient (Wildman–Crippen LogP) is 3.72. The number of rotatable bonds is 6. The average Bonchev–Trinajstić information content (AvgIpc) is 2.72. The van der Waals surface area contributed by atoms with E-state index in [1.165, 1.54) is 11.7 Å². The Morgan fingerprint density at radius 1 is 1.23 bits per heavy atom. The van der Waals surface area contributed by atoms with Crippen molar-refractivity contribution in [2.24, 2.45) is 0 Å². The molecule has 162 valence electrons. The number of carbonyl (C=O) groups excluding carboxylic acids is 2. The molecule has 8 nitrogen and oxygen atoms in total. The zero-order valence-corrected chi connectivity index (χ0v) is 18.7. The Labute approximate surface area is 187 Å². The summed E-state index contributed by atoms with van der Waals surface area (Å²) in [5.41, 5.74) is 1.47. The van der Waals surface area contributed by atoms with Gasteiger partial charge >= 0.3 is 6.09 Å². The number of ether oxygens (including phenoxy) is 2. The number of aryl methyl sites for hydroxylation is 1. The molecule has 1 heterocycles. The van der Waals surface area contributed by atoms with Crippen LogP contribution >= 0.6 is 23.4 Å². The first-order valence-corrected chi connectivity index (χ1v) is 10.7. The molecule has 0 spiro atoms. The molecule has 0 aliphatic heterocycles. The third-order valence-electron chi connectivity index (χ3n) is 4.23. The number of benzene rings is 2. The molecule has 2 aromatic carbocycles. The van der Waals surface area contributed by atoms with Gasteiger partial charge in [0, 0.05) is 5.02 Å². The molecule has 2 amide bonds. The second kappa shape index (κ2) is 9.84. The Morgan fingerprint density at radius 3 is 2.71 bits per heavy atom. The first-order chi connectivity index (χ1) is 14.8. The lowest BCUT2D eigenvalue weighted by Gasteiger charge is -2.16. The van der Waals surface area contributed by atoms with E-state index in [-0.39, 0.29) is 23.1 Å². The fourth-order valence-electron chi connectivity index (χ4n) is 2.87. The maximum atomic E-state index is 13.4. The summed E-state index contributed by atoms with van der Waals surface area (Å²) < 4.78 is 11.5. The van der Waals surface area contributed by atoms with Gasteiger partial charge in [0.1, 0.15) is 5.75 Å². The Balaban J connectivity index is 2.10. The van der Waals surface area contributed by atoms with Crippen LogP contribution < -0.4 is 15.6 Å². The van der Waals surface area contributed by atoms with E-state index >= 15 is 0 Å². The Bertz CT molecular complexity index is 1210. The van der Waals surface area contributed by atoms with E-state index in [4.69, 9.17) is 21.1 Å². The van der Waals surface area contributed by atoms with Gasteiger partial charge in [-0.1, -0.05) is 29.4 Å². The quantitative estimate of drug-likeness (QED) is 0.441. The zero-order valence-electron chi connectivity index (χ0n) is 17.1. The number of aromatic nitrogens is 2. The number of nitrogens with zero attached hydrogens (tertiary/aromatic N) is 2. The van der Waals surface area contributed by atoms with Crippen molar-refractivity contribution in [3.05, 3.63) is 57.3 Å². The minimum absolute atomic E-state index is 0.145. The highest BCUT2D eigenvalue weighted by Gasteiger charge is 2.19. The molecule has 31 heavy (non-hydrogen) atoms. The Morgan fingerprint density at radius 2 is 2.00 bits per heavy atom. The average molecular weight is 462 g/mol. The number of imide groups is 1. The first kappa shape index (κ1) is 22.6. The van der Waals surface area contributed by atoms with E-state index in [0.717, 1.165) is 17.3 Å². The molecule has 0 saturated heterocycles. The van der Waals surface area contributed by atoms with Gasteiger partial charge in [-0.15, -0.1) is 0 Å². The maximum absolute atomic E-state index is 13.4. The van der Waals surface area contributed by atoms with Crippen molar-refractivity contribution in [1.82, 2.24) is 14.9 Å².